The zero-order valence-corrected chi connectivity index (χ0v) is 24.7. The van der Waals surface area contributed by atoms with Crippen LogP contribution in [-0.4, -0.2) is 72.1 Å². The first kappa shape index (κ1) is 30.2. The van der Waals surface area contributed by atoms with Crippen LogP contribution in [0.15, 0.2) is 12.2 Å². The Bertz CT molecular complexity index is 594. The summed E-state index contributed by atoms with van der Waals surface area (Å²) in [6.45, 7) is 20.3. The van der Waals surface area contributed by atoms with Crippen molar-refractivity contribution in [1.82, 2.24) is 5.32 Å². The van der Waals surface area contributed by atoms with E-state index in [1.54, 1.807) is 13.0 Å². The Morgan fingerprint density at radius 1 is 0.968 bits per heavy atom. The van der Waals surface area contributed by atoms with Crippen LogP contribution >= 0.6 is 0 Å². The number of carbonyl (C=O) groups excluding carboxylic acids is 2. The summed E-state index contributed by atoms with van der Waals surface area (Å²) in [6.07, 6.45) is 1.53. The molecule has 1 N–H and O–H groups in total. The highest BCUT2D eigenvalue weighted by Crippen LogP contribution is 2.28. The normalized spacial score (nSPS) is 14.4. The van der Waals surface area contributed by atoms with Crippen LogP contribution in [0.2, 0.25) is 58.9 Å². The quantitative estimate of drug-likeness (QED) is 0.133. The highest BCUT2D eigenvalue weighted by Gasteiger charge is 2.41. The van der Waals surface area contributed by atoms with Gasteiger partial charge in [0.25, 0.3) is 0 Å². The van der Waals surface area contributed by atoms with Gasteiger partial charge in [0.05, 0.1) is 13.0 Å². The highest BCUT2D eigenvalue weighted by atomic mass is 28.4. The van der Waals surface area contributed by atoms with Crippen molar-refractivity contribution in [2.45, 2.75) is 84.0 Å². The summed E-state index contributed by atoms with van der Waals surface area (Å²) < 4.78 is 29.2. The minimum absolute atomic E-state index is 0.0390. The standard InChI is InChI=1S/C19H40NO7Si4/c1-11-12-16(21)23-14-13-20-18(22)24-17(25-29(2,3)4)15-19(28,26-30(5,6)7)27-31(8,9)10/h11-12,17H,13-15H2,1-10H3,(H,20,22). The fourth-order valence-electron chi connectivity index (χ4n) is 2.46. The number of rotatable bonds is 13. The van der Waals surface area contributed by atoms with Crippen molar-refractivity contribution >= 4 is 47.3 Å². The van der Waals surface area contributed by atoms with E-state index in [9.17, 15) is 9.59 Å². The molecule has 0 spiro atoms. The molecule has 0 aliphatic carbocycles. The molecule has 1 amide bonds. The molecule has 0 aromatic rings. The summed E-state index contributed by atoms with van der Waals surface area (Å²) >= 11 is 0. The first-order chi connectivity index (χ1) is 13.8. The minimum atomic E-state index is -2.06. The van der Waals surface area contributed by atoms with Gasteiger partial charge >= 0.3 is 12.1 Å². The molecule has 0 heterocycles. The number of amides is 1. The highest BCUT2D eigenvalue weighted by molar-refractivity contribution is 6.71. The molecule has 0 saturated carbocycles. The Morgan fingerprint density at radius 2 is 1.48 bits per heavy atom. The van der Waals surface area contributed by atoms with E-state index >= 15 is 0 Å². The molecule has 0 aliphatic rings. The lowest BCUT2D eigenvalue weighted by atomic mass is 10.4. The second-order valence-electron chi connectivity index (χ2n) is 10.0. The van der Waals surface area contributed by atoms with Crippen molar-refractivity contribution in [1.29, 1.82) is 0 Å². The number of hydrogen-bond donors (Lipinski definition) is 1. The van der Waals surface area contributed by atoms with Crippen molar-refractivity contribution in [3.8, 4) is 0 Å². The van der Waals surface area contributed by atoms with Crippen LogP contribution in [0.1, 0.15) is 13.3 Å². The SMILES string of the molecule is CC=CC(=O)OCCNC(=O)OC(CC([Si])(O[Si](C)(C)C)O[Si](C)(C)C)O[Si](C)(C)C. The summed E-state index contributed by atoms with van der Waals surface area (Å²) in [4.78, 5) is 23.6. The topological polar surface area (TPSA) is 92.3 Å². The Labute approximate surface area is 194 Å². The number of alkyl carbamates (subject to hydrolysis) is 1. The van der Waals surface area contributed by atoms with Crippen LogP contribution in [0.5, 0.6) is 0 Å². The van der Waals surface area contributed by atoms with Crippen LogP contribution in [0.4, 0.5) is 4.79 Å². The average Bonchev–Trinajstić information content (AvgIpc) is 2.45. The van der Waals surface area contributed by atoms with Crippen molar-refractivity contribution in [2.75, 3.05) is 13.2 Å². The van der Waals surface area contributed by atoms with Gasteiger partial charge in [0.2, 0.25) is 6.29 Å². The molecule has 3 radical (unpaired) electrons. The Kier molecular flexibility index (Phi) is 12.2. The Balaban J connectivity index is 5.21. The smallest absolute Gasteiger partial charge is 0.409 e. The second kappa shape index (κ2) is 12.5. The van der Waals surface area contributed by atoms with Crippen LogP contribution in [-0.2, 0) is 27.5 Å². The molecule has 0 aliphatic heterocycles. The number of ether oxygens (including phenoxy) is 2. The average molecular weight is 507 g/mol. The summed E-state index contributed by atoms with van der Waals surface area (Å²) in [5, 5.41) is 2.57. The van der Waals surface area contributed by atoms with Crippen LogP contribution in [0.3, 0.4) is 0 Å². The summed E-state index contributed by atoms with van der Waals surface area (Å²) in [5.41, 5.74) is -1.12. The van der Waals surface area contributed by atoms with Gasteiger partial charge in [-0.25, -0.2) is 9.59 Å². The van der Waals surface area contributed by atoms with Gasteiger partial charge in [-0.2, -0.15) is 0 Å². The van der Waals surface area contributed by atoms with E-state index in [4.69, 9.17) is 22.8 Å². The molecule has 0 saturated heterocycles. The number of hydrogen-bond acceptors (Lipinski definition) is 7. The molecular weight excluding hydrogens is 467 g/mol. The fourth-order valence-corrected chi connectivity index (χ4v) is 7.70. The molecule has 1 atom stereocenters. The first-order valence-electron chi connectivity index (χ1n) is 10.4. The molecule has 0 bridgehead atoms. The third-order valence-corrected chi connectivity index (χ3v) is 6.69. The van der Waals surface area contributed by atoms with Crippen molar-refractivity contribution in [2.24, 2.45) is 0 Å². The predicted octanol–water partition coefficient (Wildman–Crippen LogP) is 3.92. The summed E-state index contributed by atoms with van der Waals surface area (Å²) in [5.74, 6) is -0.464. The number of carbonyl (C=O) groups is 2. The van der Waals surface area contributed by atoms with Crippen LogP contribution in [0, 0.1) is 0 Å². The van der Waals surface area contributed by atoms with Gasteiger partial charge in [-0.1, -0.05) is 6.08 Å². The van der Waals surface area contributed by atoms with E-state index in [2.05, 4.69) is 54.8 Å². The van der Waals surface area contributed by atoms with Crippen molar-refractivity contribution < 1.29 is 32.3 Å². The third-order valence-electron chi connectivity index (χ3n) is 3.02. The molecule has 31 heavy (non-hydrogen) atoms. The maximum Gasteiger partial charge on any atom is 0.409 e. The molecule has 0 aromatic carbocycles. The summed E-state index contributed by atoms with van der Waals surface area (Å²) in [7, 11) is -2.37. The summed E-state index contributed by atoms with van der Waals surface area (Å²) in [6, 6.07) is 0. The molecule has 179 valence electrons. The van der Waals surface area contributed by atoms with Gasteiger partial charge in [0.1, 0.15) is 22.3 Å². The lowest BCUT2D eigenvalue weighted by Gasteiger charge is -2.42. The van der Waals surface area contributed by atoms with Gasteiger partial charge in [0, 0.05) is 6.08 Å². The molecule has 1 unspecified atom stereocenters. The van der Waals surface area contributed by atoms with Gasteiger partial charge in [0.15, 0.2) is 25.0 Å². The maximum atomic E-state index is 12.3. The third kappa shape index (κ3) is 17.5. The molecule has 0 fully saturated rings. The van der Waals surface area contributed by atoms with E-state index < -0.39 is 48.7 Å². The fraction of sp³-hybridized carbons (Fsp3) is 0.789. The lowest BCUT2D eigenvalue weighted by Crippen LogP contribution is -2.54. The monoisotopic (exact) mass is 506 g/mol. The second-order valence-corrected chi connectivity index (χ2v) is 24.1. The molecule has 0 aromatic heterocycles. The van der Waals surface area contributed by atoms with E-state index in [0.29, 0.717) is 0 Å². The number of allylic oxidation sites excluding steroid dienone is 1. The van der Waals surface area contributed by atoms with Gasteiger partial charge in [-0.15, -0.1) is 0 Å². The molecule has 12 heteroatoms. The van der Waals surface area contributed by atoms with Crippen molar-refractivity contribution in [3.63, 3.8) is 0 Å². The lowest BCUT2D eigenvalue weighted by molar-refractivity contribution is -0.138. The van der Waals surface area contributed by atoms with Gasteiger partial charge < -0.3 is 28.1 Å². The predicted molar refractivity (Wildman–Crippen MR) is 130 cm³/mol. The van der Waals surface area contributed by atoms with E-state index in [-0.39, 0.29) is 19.6 Å². The number of esters is 1. The minimum Gasteiger partial charge on any atom is -0.461 e. The zero-order valence-electron chi connectivity index (χ0n) is 20.7. The molecule has 8 nitrogen and oxygen atoms in total. The van der Waals surface area contributed by atoms with E-state index in [1.165, 1.54) is 6.08 Å². The molecule has 0 rings (SSSR count). The largest absolute Gasteiger partial charge is 0.461 e. The zero-order chi connectivity index (χ0) is 24.5. The number of nitrogens with one attached hydrogen (secondary N) is 1. The van der Waals surface area contributed by atoms with E-state index in [0.717, 1.165) is 0 Å². The molecular formula is C19H40NO7Si4. The Hall–Kier alpha value is -0.772. The van der Waals surface area contributed by atoms with Crippen LogP contribution < -0.4 is 5.32 Å². The maximum absolute atomic E-state index is 12.3. The first-order valence-corrected chi connectivity index (χ1v) is 21.1. The van der Waals surface area contributed by atoms with Crippen molar-refractivity contribution in [3.05, 3.63) is 12.2 Å². The van der Waals surface area contributed by atoms with E-state index in [1.807, 2.05) is 19.6 Å². The van der Waals surface area contributed by atoms with Gasteiger partial charge in [-0.05, 0) is 65.8 Å². The van der Waals surface area contributed by atoms with Gasteiger partial charge in [-0.3, -0.25) is 0 Å². The Morgan fingerprint density at radius 3 is 1.90 bits per heavy atom. The van der Waals surface area contributed by atoms with Crippen LogP contribution in [0.25, 0.3) is 0 Å².